The Morgan fingerprint density at radius 2 is 0.864 bits per heavy atom. The van der Waals surface area contributed by atoms with Crippen molar-refractivity contribution in [3.63, 3.8) is 0 Å². The zero-order valence-corrected chi connectivity index (χ0v) is 32.7. The highest BCUT2D eigenvalue weighted by Crippen LogP contribution is 2.20. The summed E-state index contributed by atoms with van der Waals surface area (Å²) in [5.74, 6) is -8.15. The monoisotopic (exact) mass is 848 g/mol. The van der Waals surface area contributed by atoms with Crippen molar-refractivity contribution in [3.8, 4) is 11.5 Å². The highest BCUT2D eigenvalue weighted by Gasteiger charge is 2.15. The number of aliphatic hydroxyl groups excluding tert-OH is 2. The Labute approximate surface area is 338 Å². The largest absolute Gasteiger partial charge is 0.490 e. The van der Waals surface area contributed by atoms with Crippen LogP contribution in [-0.2, 0) is 47.7 Å². The van der Waals surface area contributed by atoms with E-state index in [2.05, 4.69) is 20.1 Å². The van der Waals surface area contributed by atoms with E-state index in [1.807, 2.05) is 0 Å². The first-order valence-electron chi connectivity index (χ1n) is 17.1. The molecule has 0 spiro atoms. The van der Waals surface area contributed by atoms with Gasteiger partial charge in [0.2, 0.25) is 0 Å². The summed E-state index contributed by atoms with van der Waals surface area (Å²) in [6, 6.07) is 13.3. The standard InChI is InChI=1S/2C16H23NO6.2C2H2O4.H2O/c2*1-3-22-15(19)8-9-17-10-12(18)11-23-14-7-5-4-6-13(14)16(20)21-2;2*3-1(4)2(5)6;/h2*4-7,12,17-18H,3,8-11H2,1-2H3;2*(H,3,4)(H,5,6);1H2. The van der Waals surface area contributed by atoms with Gasteiger partial charge in [0.05, 0.1) is 40.3 Å². The topological polar surface area (TPSA) is 369 Å². The van der Waals surface area contributed by atoms with Crippen LogP contribution in [0.15, 0.2) is 48.5 Å². The van der Waals surface area contributed by atoms with Gasteiger partial charge in [-0.1, -0.05) is 24.3 Å². The highest BCUT2D eigenvalue weighted by molar-refractivity contribution is 6.27. The van der Waals surface area contributed by atoms with E-state index >= 15 is 0 Å². The van der Waals surface area contributed by atoms with Gasteiger partial charge < -0.3 is 75.2 Å². The SMILES string of the molecule is CCOC(=O)CCNCC(O)COc1ccccc1C(=O)OC.CCOC(=O)CCNCC(O)COc1ccccc1C(=O)OC.O.O=C(O)C(=O)O.O=C(O)C(=O)O. The Morgan fingerprint density at radius 3 is 1.14 bits per heavy atom. The lowest BCUT2D eigenvalue weighted by Crippen LogP contribution is -2.33. The number of carbonyl (C=O) groups excluding carboxylic acids is 4. The second-order valence-electron chi connectivity index (χ2n) is 10.6. The van der Waals surface area contributed by atoms with E-state index in [1.165, 1.54) is 14.2 Å². The molecule has 0 fully saturated rings. The van der Waals surface area contributed by atoms with E-state index in [0.29, 0.717) is 48.9 Å². The molecule has 0 aromatic heterocycles. The number of para-hydroxylation sites is 2. The molecule has 2 aromatic rings. The van der Waals surface area contributed by atoms with Gasteiger partial charge in [-0.05, 0) is 38.1 Å². The molecule has 0 aliphatic rings. The summed E-state index contributed by atoms with van der Waals surface area (Å²) in [7, 11) is 2.59. The van der Waals surface area contributed by atoms with Gasteiger partial charge >= 0.3 is 47.8 Å². The summed E-state index contributed by atoms with van der Waals surface area (Å²) < 4.78 is 29.8. The van der Waals surface area contributed by atoms with Gasteiger partial charge in [0.15, 0.2) is 0 Å². The number of nitrogens with one attached hydrogen (secondary N) is 2. The Balaban J connectivity index is -0.000000821. The maximum atomic E-state index is 11.6. The molecular formula is C36H52N2O21. The van der Waals surface area contributed by atoms with E-state index in [1.54, 1.807) is 62.4 Å². The molecule has 0 bridgehead atoms. The molecule has 2 unspecified atom stereocenters. The van der Waals surface area contributed by atoms with Crippen LogP contribution in [0.5, 0.6) is 11.5 Å². The minimum Gasteiger partial charge on any atom is -0.490 e. The molecule has 23 heteroatoms. The number of benzene rings is 2. The maximum absolute atomic E-state index is 11.6. The van der Waals surface area contributed by atoms with E-state index in [-0.39, 0.29) is 56.6 Å². The summed E-state index contributed by atoms with van der Waals surface area (Å²) >= 11 is 0. The predicted octanol–water partition coefficient (Wildman–Crippen LogP) is -1.00. The fourth-order valence-electron chi connectivity index (χ4n) is 3.62. The number of esters is 4. The molecule has 0 radical (unpaired) electrons. The smallest absolute Gasteiger partial charge is 0.414 e. The quantitative estimate of drug-likeness (QED) is 0.0343. The second kappa shape index (κ2) is 34.8. The van der Waals surface area contributed by atoms with Gasteiger partial charge in [0.25, 0.3) is 0 Å². The first-order valence-corrected chi connectivity index (χ1v) is 17.1. The van der Waals surface area contributed by atoms with Gasteiger partial charge in [-0.25, -0.2) is 28.8 Å². The van der Waals surface area contributed by atoms with Crippen molar-refractivity contribution in [2.45, 2.75) is 38.9 Å². The zero-order chi connectivity index (χ0) is 44.5. The molecule has 0 saturated heterocycles. The van der Waals surface area contributed by atoms with Crippen LogP contribution >= 0.6 is 0 Å². The first kappa shape index (κ1) is 56.9. The number of aliphatic carboxylic acids is 4. The van der Waals surface area contributed by atoms with E-state index < -0.39 is 48.0 Å². The number of carboxylic acids is 4. The van der Waals surface area contributed by atoms with Gasteiger partial charge in [-0.15, -0.1) is 0 Å². The molecular weight excluding hydrogens is 796 g/mol. The van der Waals surface area contributed by atoms with Crippen LogP contribution in [0, 0.1) is 0 Å². The first-order chi connectivity index (χ1) is 27.4. The third-order valence-electron chi connectivity index (χ3n) is 6.20. The van der Waals surface area contributed by atoms with Crippen LogP contribution in [-0.4, -0.2) is 163 Å². The number of rotatable bonds is 20. The number of carbonyl (C=O) groups is 8. The molecule has 10 N–H and O–H groups in total. The molecule has 0 heterocycles. The molecule has 2 atom stereocenters. The van der Waals surface area contributed by atoms with Crippen LogP contribution in [0.3, 0.4) is 0 Å². The summed E-state index contributed by atoms with van der Waals surface area (Å²) in [5.41, 5.74) is 0.606. The van der Waals surface area contributed by atoms with Crippen molar-refractivity contribution in [3.05, 3.63) is 59.7 Å². The number of carboxylic acid groups (broad SMARTS) is 4. The number of ether oxygens (including phenoxy) is 6. The Hall–Kier alpha value is -6.40. The lowest BCUT2D eigenvalue weighted by molar-refractivity contribution is -0.159. The molecule has 59 heavy (non-hydrogen) atoms. The molecule has 332 valence electrons. The Bertz CT molecular complexity index is 1450. The maximum Gasteiger partial charge on any atom is 0.414 e. The second-order valence-corrected chi connectivity index (χ2v) is 10.6. The van der Waals surface area contributed by atoms with Crippen molar-refractivity contribution >= 4 is 47.8 Å². The summed E-state index contributed by atoms with van der Waals surface area (Å²) in [6.07, 6.45) is -1.06. The Kier molecular flexibility index (Phi) is 33.6. The van der Waals surface area contributed by atoms with E-state index in [4.69, 9.17) is 58.6 Å². The van der Waals surface area contributed by atoms with Crippen LogP contribution in [0.25, 0.3) is 0 Å². The molecule has 0 saturated carbocycles. The van der Waals surface area contributed by atoms with Crippen molar-refractivity contribution in [2.75, 3.05) is 66.8 Å². The van der Waals surface area contributed by atoms with Crippen molar-refractivity contribution < 1.29 is 103 Å². The normalized spacial score (nSPS) is 10.5. The third-order valence-corrected chi connectivity index (χ3v) is 6.20. The average molecular weight is 849 g/mol. The van der Waals surface area contributed by atoms with Gasteiger partial charge in [0, 0.05) is 26.2 Å². The molecule has 2 rings (SSSR count). The van der Waals surface area contributed by atoms with Crippen molar-refractivity contribution in [2.24, 2.45) is 0 Å². The van der Waals surface area contributed by atoms with Crippen LogP contribution < -0.4 is 20.1 Å². The number of hydrogen-bond acceptors (Lipinski definition) is 18. The fraction of sp³-hybridized carbons (Fsp3) is 0.444. The average Bonchev–Trinajstić information content (AvgIpc) is 3.20. The van der Waals surface area contributed by atoms with Gasteiger partial charge in [-0.3, -0.25) is 9.59 Å². The molecule has 23 nitrogen and oxygen atoms in total. The van der Waals surface area contributed by atoms with E-state index in [0.717, 1.165) is 0 Å². The fourth-order valence-corrected chi connectivity index (χ4v) is 3.62. The minimum absolute atomic E-state index is 0. The Morgan fingerprint density at radius 1 is 0.559 bits per heavy atom. The predicted molar refractivity (Wildman–Crippen MR) is 201 cm³/mol. The van der Waals surface area contributed by atoms with Crippen molar-refractivity contribution in [1.82, 2.24) is 10.6 Å². The van der Waals surface area contributed by atoms with E-state index in [9.17, 15) is 29.4 Å². The third kappa shape index (κ3) is 29.5. The highest BCUT2D eigenvalue weighted by atomic mass is 16.5. The number of methoxy groups -OCH3 is 2. The molecule has 0 aliphatic heterocycles. The van der Waals surface area contributed by atoms with Crippen LogP contribution in [0.2, 0.25) is 0 Å². The summed E-state index contributed by atoms with van der Waals surface area (Å²) in [4.78, 5) is 81.8. The van der Waals surface area contributed by atoms with Crippen LogP contribution in [0.1, 0.15) is 47.4 Å². The van der Waals surface area contributed by atoms with Crippen molar-refractivity contribution in [1.29, 1.82) is 0 Å². The van der Waals surface area contributed by atoms with Crippen LogP contribution in [0.4, 0.5) is 0 Å². The number of aliphatic hydroxyl groups is 2. The molecule has 2 aromatic carbocycles. The summed E-state index contributed by atoms with van der Waals surface area (Å²) in [5, 5.41) is 55.1. The van der Waals surface area contributed by atoms with Gasteiger partial charge in [-0.2, -0.15) is 0 Å². The minimum atomic E-state index is -1.82. The van der Waals surface area contributed by atoms with Gasteiger partial charge in [0.1, 0.15) is 48.0 Å². The molecule has 0 amide bonds. The molecule has 0 aliphatic carbocycles. The summed E-state index contributed by atoms with van der Waals surface area (Å²) in [6.45, 7) is 5.59. The zero-order valence-electron chi connectivity index (χ0n) is 32.7. The number of hydrogen-bond donors (Lipinski definition) is 8. The lowest BCUT2D eigenvalue weighted by Gasteiger charge is -2.14. The lowest BCUT2D eigenvalue weighted by atomic mass is 10.2.